The molecular weight excluding hydrogens is 278 g/mol. The zero-order chi connectivity index (χ0) is 15.6. The summed E-state index contributed by atoms with van der Waals surface area (Å²) in [6, 6.07) is 10.3. The van der Waals surface area contributed by atoms with E-state index >= 15 is 0 Å². The summed E-state index contributed by atoms with van der Waals surface area (Å²) in [5.74, 6) is 0.436. The van der Waals surface area contributed by atoms with Gasteiger partial charge in [-0.3, -0.25) is 4.98 Å². The lowest BCUT2D eigenvalue weighted by Gasteiger charge is -2.18. The van der Waals surface area contributed by atoms with E-state index in [1.165, 1.54) is 5.56 Å². The van der Waals surface area contributed by atoms with Gasteiger partial charge >= 0.3 is 0 Å². The monoisotopic (exact) mass is 299 g/mol. The van der Waals surface area contributed by atoms with Crippen molar-refractivity contribution in [1.29, 1.82) is 0 Å². The highest BCUT2D eigenvalue weighted by molar-refractivity contribution is 7.80. The molecule has 4 heteroatoms. The average molecular weight is 299 g/mol. The zero-order valence-corrected chi connectivity index (χ0v) is 13.7. The van der Waals surface area contributed by atoms with Crippen molar-refractivity contribution in [2.45, 2.75) is 33.6 Å². The normalized spacial score (nSPS) is 10.7. The second-order valence-electron chi connectivity index (χ2n) is 5.50. The Bertz CT molecular complexity index is 678. The summed E-state index contributed by atoms with van der Waals surface area (Å²) in [7, 11) is 0. The largest absolute Gasteiger partial charge is 0.389 e. The van der Waals surface area contributed by atoms with Gasteiger partial charge in [-0.25, -0.2) is 0 Å². The Morgan fingerprint density at radius 1 is 1.19 bits per heavy atom. The lowest BCUT2D eigenvalue weighted by Crippen LogP contribution is -2.15. The van der Waals surface area contributed by atoms with E-state index < -0.39 is 0 Å². The van der Waals surface area contributed by atoms with Crippen LogP contribution in [0.25, 0.3) is 0 Å². The fourth-order valence-electron chi connectivity index (χ4n) is 2.50. The maximum atomic E-state index is 5.87. The molecule has 1 aromatic carbocycles. The van der Waals surface area contributed by atoms with E-state index in [4.69, 9.17) is 18.0 Å². The molecule has 0 aliphatic carbocycles. The SMILES string of the molecule is Cc1cc(Nc2ccccc2C(C)C)c(C(N)=S)c(C)n1. The van der Waals surface area contributed by atoms with Crippen LogP contribution in [0.15, 0.2) is 30.3 Å². The first-order chi connectivity index (χ1) is 9.90. The van der Waals surface area contributed by atoms with Crippen molar-refractivity contribution in [3.05, 3.63) is 52.8 Å². The topological polar surface area (TPSA) is 50.9 Å². The molecule has 110 valence electrons. The Morgan fingerprint density at radius 3 is 2.48 bits per heavy atom. The van der Waals surface area contributed by atoms with Gasteiger partial charge in [-0.1, -0.05) is 44.3 Å². The Morgan fingerprint density at radius 2 is 1.86 bits per heavy atom. The van der Waals surface area contributed by atoms with Gasteiger partial charge in [-0.2, -0.15) is 0 Å². The summed E-state index contributed by atoms with van der Waals surface area (Å²) >= 11 is 5.18. The van der Waals surface area contributed by atoms with Crippen molar-refractivity contribution < 1.29 is 0 Å². The molecule has 1 aromatic heterocycles. The summed E-state index contributed by atoms with van der Waals surface area (Å²) in [5, 5.41) is 3.48. The van der Waals surface area contributed by atoms with Crippen LogP contribution in [-0.4, -0.2) is 9.97 Å². The first-order valence-corrected chi connectivity index (χ1v) is 7.45. The number of hydrogen-bond donors (Lipinski definition) is 2. The minimum absolute atomic E-state index is 0.365. The van der Waals surface area contributed by atoms with Crippen LogP contribution in [0, 0.1) is 13.8 Å². The van der Waals surface area contributed by atoms with Gasteiger partial charge in [-0.15, -0.1) is 0 Å². The number of aryl methyl sites for hydroxylation is 2. The number of para-hydroxylation sites is 1. The number of anilines is 2. The second-order valence-corrected chi connectivity index (χ2v) is 5.94. The number of rotatable bonds is 4. The van der Waals surface area contributed by atoms with E-state index in [0.29, 0.717) is 10.9 Å². The van der Waals surface area contributed by atoms with Gasteiger partial charge in [0.1, 0.15) is 4.99 Å². The maximum Gasteiger partial charge on any atom is 0.107 e. The third-order valence-corrected chi connectivity index (χ3v) is 3.63. The third-order valence-electron chi connectivity index (χ3n) is 3.43. The van der Waals surface area contributed by atoms with Crippen LogP contribution in [0.2, 0.25) is 0 Å². The molecule has 1 heterocycles. The Labute approximate surface area is 131 Å². The van der Waals surface area contributed by atoms with Gasteiger partial charge < -0.3 is 11.1 Å². The molecule has 0 aliphatic rings. The van der Waals surface area contributed by atoms with E-state index in [2.05, 4.69) is 42.3 Å². The maximum absolute atomic E-state index is 5.87. The smallest absolute Gasteiger partial charge is 0.107 e. The van der Waals surface area contributed by atoms with Crippen LogP contribution < -0.4 is 11.1 Å². The molecule has 0 saturated heterocycles. The van der Waals surface area contributed by atoms with E-state index in [0.717, 1.165) is 28.3 Å². The van der Waals surface area contributed by atoms with Gasteiger partial charge in [0, 0.05) is 17.1 Å². The van der Waals surface area contributed by atoms with Gasteiger partial charge in [0.05, 0.1) is 11.3 Å². The summed E-state index contributed by atoms with van der Waals surface area (Å²) in [4.78, 5) is 4.81. The number of hydrogen-bond acceptors (Lipinski definition) is 3. The summed E-state index contributed by atoms with van der Waals surface area (Å²) in [6.07, 6.45) is 0. The first-order valence-electron chi connectivity index (χ1n) is 7.04. The van der Waals surface area contributed by atoms with Crippen molar-refractivity contribution >= 4 is 28.6 Å². The molecule has 0 radical (unpaired) electrons. The lowest BCUT2D eigenvalue weighted by atomic mass is 10.0. The number of nitrogens with zero attached hydrogens (tertiary/aromatic N) is 1. The first kappa shape index (κ1) is 15.4. The quantitative estimate of drug-likeness (QED) is 0.831. The highest BCUT2D eigenvalue weighted by Gasteiger charge is 2.13. The molecule has 3 nitrogen and oxygen atoms in total. The van der Waals surface area contributed by atoms with Crippen molar-refractivity contribution in [2.75, 3.05) is 5.32 Å². The molecule has 2 aromatic rings. The van der Waals surface area contributed by atoms with Crippen LogP contribution in [0.3, 0.4) is 0 Å². The van der Waals surface area contributed by atoms with E-state index in [-0.39, 0.29) is 0 Å². The Kier molecular flexibility index (Phi) is 4.58. The molecule has 0 atom stereocenters. The van der Waals surface area contributed by atoms with Crippen molar-refractivity contribution in [1.82, 2.24) is 4.98 Å². The number of nitrogens with two attached hydrogens (primary N) is 1. The molecule has 0 unspecified atom stereocenters. The fourth-order valence-corrected chi connectivity index (χ4v) is 2.76. The lowest BCUT2D eigenvalue weighted by molar-refractivity contribution is 0.869. The van der Waals surface area contributed by atoms with Crippen LogP contribution in [0.4, 0.5) is 11.4 Å². The number of nitrogens with one attached hydrogen (secondary N) is 1. The molecule has 3 N–H and O–H groups in total. The molecule has 21 heavy (non-hydrogen) atoms. The van der Waals surface area contributed by atoms with E-state index in [9.17, 15) is 0 Å². The standard InChI is InChI=1S/C17H21N3S/c1-10(2)13-7-5-6-8-14(13)20-15-9-11(3)19-12(4)16(15)17(18)21/h5-10H,1-4H3,(H2,18,21)(H,19,20). The Hall–Kier alpha value is -1.94. The van der Waals surface area contributed by atoms with Crippen LogP contribution >= 0.6 is 12.2 Å². The zero-order valence-electron chi connectivity index (χ0n) is 12.9. The van der Waals surface area contributed by atoms with Crippen LogP contribution in [0.5, 0.6) is 0 Å². The van der Waals surface area contributed by atoms with Gasteiger partial charge in [0.2, 0.25) is 0 Å². The molecule has 0 amide bonds. The molecule has 2 rings (SSSR count). The highest BCUT2D eigenvalue weighted by Crippen LogP contribution is 2.29. The minimum atomic E-state index is 0.365. The van der Waals surface area contributed by atoms with Crippen LogP contribution in [0.1, 0.15) is 42.3 Å². The molecule has 0 bridgehead atoms. The van der Waals surface area contributed by atoms with E-state index in [1.54, 1.807) is 0 Å². The molecule has 0 fully saturated rings. The second kappa shape index (κ2) is 6.22. The van der Waals surface area contributed by atoms with Crippen LogP contribution in [-0.2, 0) is 0 Å². The number of benzene rings is 1. The summed E-state index contributed by atoms with van der Waals surface area (Å²) in [6.45, 7) is 8.26. The number of pyridine rings is 1. The Balaban J connectivity index is 2.52. The predicted molar refractivity (Wildman–Crippen MR) is 93.4 cm³/mol. The van der Waals surface area contributed by atoms with Crippen molar-refractivity contribution in [3.63, 3.8) is 0 Å². The third kappa shape index (κ3) is 3.39. The fraction of sp³-hybridized carbons (Fsp3) is 0.294. The average Bonchev–Trinajstić information content (AvgIpc) is 2.37. The van der Waals surface area contributed by atoms with Crippen molar-refractivity contribution in [2.24, 2.45) is 5.73 Å². The summed E-state index contributed by atoms with van der Waals surface area (Å²) in [5.41, 5.74) is 11.7. The van der Waals surface area contributed by atoms with Gasteiger partial charge in [0.15, 0.2) is 0 Å². The summed E-state index contributed by atoms with van der Waals surface area (Å²) < 4.78 is 0. The molecule has 0 aliphatic heterocycles. The minimum Gasteiger partial charge on any atom is -0.389 e. The number of aromatic nitrogens is 1. The molecule has 0 spiro atoms. The van der Waals surface area contributed by atoms with Gasteiger partial charge in [-0.05, 0) is 37.5 Å². The molecular formula is C17H21N3S. The predicted octanol–water partition coefficient (Wildman–Crippen LogP) is 4.20. The van der Waals surface area contributed by atoms with E-state index in [1.807, 2.05) is 26.0 Å². The van der Waals surface area contributed by atoms with Crippen molar-refractivity contribution in [3.8, 4) is 0 Å². The highest BCUT2D eigenvalue weighted by atomic mass is 32.1. The molecule has 0 saturated carbocycles. The number of thiocarbonyl (C=S) groups is 1. The van der Waals surface area contributed by atoms with Gasteiger partial charge in [0.25, 0.3) is 0 Å².